The van der Waals surface area contributed by atoms with Crippen molar-refractivity contribution in [2.45, 2.75) is 43.5 Å². The lowest BCUT2D eigenvalue weighted by Gasteiger charge is -2.31. The molecule has 1 aliphatic carbocycles. The van der Waals surface area contributed by atoms with Crippen LogP contribution in [-0.2, 0) is 14.8 Å². The number of hydrogen-bond donors (Lipinski definition) is 1. The van der Waals surface area contributed by atoms with Crippen molar-refractivity contribution in [3.8, 4) is 0 Å². The zero-order chi connectivity index (χ0) is 20.4. The van der Waals surface area contributed by atoms with Crippen molar-refractivity contribution in [3.63, 3.8) is 0 Å². The van der Waals surface area contributed by atoms with Gasteiger partial charge in [0.15, 0.2) is 0 Å². The van der Waals surface area contributed by atoms with Crippen LogP contribution in [0.15, 0.2) is 59.5 Å². The predicted molar refractivity (Wildman–Crippen MR) is 113 cm³/mol. The van der Waals surface area contributed by atoms with Crippen molar-refractivity contribution in [1.82, 2.24) is 9.62 Å². The van der Waals surface area contributed by atoms with E-state index in [0.717, 1.165) is 18.4 Å². The first kappa shape index (κ1) is 20.1. The molecular weight excluding hydrogens is 384 g/mol. The number of sulfonamides is 1. The van der Waals surface area contributed by atoms with E-state index in [1.54, 1.807) is 30.3 Å². The van der Waals surface area contributed by atoms with Gasteiger partial charge in [0.25, 0.3) is 0 Å². The van der Waals surface area contributed by atoms with E-state index in [0.29, 0.717) is 36.7 Å². The highest BCUT2D eigenvalue weighted by Gasteiger charge is 2.36. The number of rotatable bonds is 6. The highest BCUT2D eigenvalue weighted by molar-refractivity contribution is 7.89. The van der Waals surface area contributed by atoms with Crippen molar-refractivity contribution in [2.75, 3.05) is 13.1 Å². The van der Waals surface area contributed by atoms with Crippen LogP contribution in [0.5, 0.6) is 0 Å². The Morgan fingerprint density at radius 1 is 0.966 bits per heavy atom. The Bertz CT molecular complexity index is 945. The van der Waals surface area contributed by atoms with Gasteiger partial charge in [-0.05, 0) is 56.2 Å². The summed E-state index contributed by atoms with van der Waals surface area (Å²) in [4.78, 5) is 13.2. The van der Waals surface area contributed by atoms with E-state index in [9.17, 15) is 13.2 Å². The molecule has 29 heavy (non-hydrogen) atoms. The summed E-state index contributed by atoms with van der Waals surface area (Å²) in [6, 6.07) is 17.0. The number of aryl methyl sites for hydroxylation is 1. The van der Waals surface area contributed by atoms with Crippen molar-refractivity contribution in [2.24, 2.45) is 11.8 Å². The molecule has 1 aliphatic heterocycles. The minimum Gasteiger partial charge on any atom is -0.349 e. The molecule has 0 aromatic heterocycles. The Morgan fingerprint density at radius 2 is 1.59 bits per heavy atom. The Hall–Kier alpha value is -2.18. The van der Waals surface area contributed by atoms with Crippen LogP contribution in [0.3, 0.4) is 0 Å². The lowest BCUT2D eigenvalue weighted by atomic mass is 9.95. The van der Waals surface area contributed by atoms with Crippen LogP contribution in [0.4, 0.5) is 0 Å². The van der Waals surface area contributed by atoms with Crippen LogP contribution >= 0.6 is 0 Å². The fraction of sp³-hybridized carbons (Fsp3) is 0.435. The summed E-state index contributed by atoms with van der Waals surface area (Å²) in [6.45, 7) is 2.83. The molecule has 1 N–H and O–H groups in total. The maximum atomic E-state index is 12.9. The molecule has 4 rings (SSSR count). The third-order valence-corrected chi connectivity index (χ3v) is 7.95. The Balaban J connectivity index is 1.38. The number of amides is 1. The molecule has 1 saturated carbocycles. The lowest BCUT2D eigenvalue weighted by Crippen LogP contribution is -2.43. The van der Waals surface area contributed by atoms with E-state index >= 15 is 0 Å². The van der Waals surface area contributed by atoms with Crippen LogP contribution in [-0.4, -0.2) is 31.7 Å². The Labute approximate surface area is 173 Å². The second-order valence-electron chi connectivity index (χ2n) is 8.23. The molecule has 6 heteroatoms. The summed E-state index contributed by atoms with van der Waals surface area (Å²) in [5, 5.41) is 3.26. The first-order chi connectivity index (χ1) is 13.9. The number of carbonyl (C=O) groups is 1. The number of benzene rings is 2. The van der Waals surface area contributed by atoms with Gasteiger partial charge in [0.05, 0.1) is 10.9 Å². The zero-order valence-corrected chi connectivity index (χ0v) is 17.6. The third kappa shape index (κ3) is 4.54. The summed E-state index contributed by atoms with van der Waals surface area (Å²) >= 11 is 0. The highest BCUT2D eigenvalue weighted by Crippen LogP contribution is 2.41. The molecule has 1 saturated heterocycles. The van der Waals surface area contributed by atoms with Gasteiger partial charge in [-0.3, -0.25) is 4.79 Å². The van der Waals surface area contributed by atoms with Gasteiger partial charge in [-0.1, -0.05) is 48.0 Å². The zero-order valence-electron chi connectivity index (χ0n) is 16.8. The maximum absolute atomic E-state index is 12.9. The first-order valence-electron chi connectivity index (χ1n) is 10.4. The molecule has 1 amide bonds. The fourth-order valence-electron chi connectivity index (χ4n) is 4.05. The minimum absolute atomic E-state index is 0.0548. The highest BCUT2D eigenvalue weighted by atomic mass is 32.2. The lowest BCUT2D eigenvalue weighted by molar-refractivity contribution is -0.127. The number of carbonyl (C=O) groups excluding carboxylic acids is 1. The normalized spacial score (nSPS) is 19.6. The largest absolute Gasteiger partial charge is 0.349 e. The van der Waals surface area contributed by atoms with Gasteiger partial charge in [0.2, 0.25) is 15.9 Å². The molecule has 2 aliphatic rings. The van der Waals surface area contributed by atoms with Gasteiger partial charge < -0.3 is 5.32 Å². The first-order valence-corrected chi connectivity index (χ1v) is 11.8. The topological polar surface area (TPSA) is 66.5 Å². The molecule has 0 spiro atoms. The second-order valence-corrected chi connectivity index (χ2v) is 10.2. The SMILES string of the molecule is Cc1ccc([C@H](NC(=O)C2CCN(S(=O)(=O)c3ccccc3)CC2)C2CC2)cc1. The average Bonchev–Trinajstić information content (AvgIpc) is 3.58. The van der Waals surface area contributed by atoms with Gasteiger partial charge in [-0.2, -0.15) is 4.31 Å². The van der Waals surface area contributed by atoms with E-state index in [-0.39, 0.29) is 17.9 Å². The monoisotopic (exact) mass is 412 g/mol. The van der Waals surface area contributed by atoms with Crippen molar-refractivity contribution in [1.29, 1.82) is 0 Å². The molecule has 0 unspecified atom stereocenters. The van der Waals surface area contributed by atoms with E-state index in [4.69, 9.17) is 0 Å². The van der Waals surface area contributed by atoms with E-state index < -0.39 is 10.0 Å². The molecule has 2 fully saturated rings. The van der Waals surface area contributed by atoms with Gasteiger partial charge in [-0.15, -0.1) is 0 Å². The molecule has 2 aromatic carbocycles. The van der Waals surface area contributed by atoms with Crippen LogP contribution in [0.2, 0.25) is 0 Å². The summed E-state index contributed by atoms with van der Waals surface area (Å²) in [5.41, 5.74) is 2.37. The van der Waals surface area contributed by atoms with Crippen molar-refractivity contribution >= 4 is 15.9 Å². The van der Waals surface area contributed by atoms with Gasteiger partial charge in [0, 0.05) is 19.0 Å². The van der Waals surface area contributed by atoms with Crippen LogP contribution in [0, 0.1) is 18.8 Å². The second kappa shape index (κ2) is 8.28. The number of piperidine rings is 1. The van der Waals surface area contributed by atoms with Gasteiger partial charge in [-0.25, -0.2) is 8.42 Å². The fourth-order valence-corrected chi connectivity index (χ4v) is 5.54. The summed E-state index contributed by atoms with van der Waals surface area (Å²) in [5.74, 6) is 0.434. The van der Waals surface area contributed by atoms with Crippen LogP contribution in [0.1, 0.15) is 42.9 Å². The maximum Gasteiger partial charge on any atom is 0.243 e. The molecule has 2 aromatic rings. The molecule has 0 radical (unpaired) electrons. The van der Waals surface area contributed by atoms with Crippen molar-refractivity contribution in [3.05, 3.63) is 65.7 Å². The van der Waals surface area contributed by atoms with E-state index in [2.05, 4.69) is 36.5 Å². The number of hydrogen-bond acceptors (Lipinski definition) is 3. The molecule has 1 atom stereocenters. The summed E-state index contributed by atoms with van der Waals surface area (Å²) in [6.07, 6.45) is 3.41. The van der Waals surface area contributed by atoms with Gasteiger partial charge >= 0.3 is 0 Å². The summed E-state index contributed by atoms with van der Waals surface area (Å²) in [7, 11) is -3.48. The van der Waals surface area contributed by atoms with Crippen LogP contribution < -0.4 is 5.32 Å². The predicted octanol–water partition coefficient (Wildman–Crippen LogP) is 3.66. The molecule has 5 nitrogen and oxygen atoms in total. The smallest absolute Gasteiger partial charge is 0.243 e. The Morgan fingerprint density at radius 3 is 2.17 bits per heavy atom. The molecule has 0 bridgehead atoms. The van der Waals surface area contributed by atoms with Gasteiger partial charge in [0.1, 0.15) is 0 Å². The standard InChI is InChI=1S/C23H28N2O3S/c1-17-7-9-18(10-8-17)22(19-11-12-19)24-23(26)20-13-15-25(16-14-20)29(27,28)21-5-3-2-4-6-21/h2-10,19-20,22H,11-16H2,1H3,(H,24,26)/t22-/m0/s1. The number of nitrogens with zero attached hydrogens (tertiary/aromatic N) is 1. The molecular formula is C23H28N2O3S. The molecule has 154 valence electrons. The third-order valence-electron chi connectivity index (χ3n) is 6.03. The average molecular weight is 413 g/mol. The Kier molecular flexibility index (Phi) is 5.74. The van der Waals surface area contributed by atoms with Crippen molar-refractivity contribution < 1.29 is 13.2 Å². The quantitative estimate of drug-likeness (QED) is 0.787. The summed E-state index contributed by atoms with van der Waals surface area (Å²) < 4.78 is 27.1. The number of nitrogens with one attached hydrogen (secondary N) is 1. The molecule has 1 heterocycles. The van der Waals surface area contributed by atoms with E-state index in [1.165, 1.54) is 9.87 Å². The van der Waals surface area contributed by atoms with E-state index in [1.807, 2.05) is 0 Å². The van der Waals surface area contributed by atoms with Crippen LogP contribution in [0.25, 0.3) is 0 Å². The minimum atomic E-state index is -3.48.